The van der Waals surface area contributed by atoms with Gasteiger partial charge in [0.2, 0.25) is 11.7 Å². The van der Waals surface area contributed by atoms with Crippen LogP contribution in [0.4, 0.5) is 0 Å². The van der Waals surface area contributed by atoms with E-state index in [-0.39, 0.29) is 0 Å². The predicted octanol–water partition coefficient (Wildman–Crippen LogP) is 4.62. The van der Waals surface area contributed by atoms with Crippen LogP contribution < -0.4 is 9.47 Å². The highest BCUT2D eigenvalue weighted by Crippen LogP contribution is 2.39. The van der Waals surface area contributed by atoms with E-state index in [1.807, 2.05) is 39.8 Å². The van der Waals surface area contributed by atoms with E-state index in [1.54, 1.807) is 14.2 Å². The third-order valence-corrected chi connectivity index (χ3v) is 7.01. The molecule has 1 aromatic heterocycles. The molecular weight excluding hydrogens is 344 g/mol. The minimum atomic E-state index is 0.591. The molecule has 0 bridgehead atoms. The van der Waals surface area contributed by atoms with E-state index in [1.165, 1.54) is 25.0 Å². The molecule has 0 radical (unpaired) electrons. The summed E-state index contributed by atoms with van der Waals surface area (Å²) in [4.78, 5) is 4.50. The summed E-state index contributed by atoms with van der Waals surface area (Å²) in [5.74, 6) is 3.94. The summed E-state index contributed by atoms with van der Waals surface area (Å²) in [6, 6.07) is 5.62. The standard InChI is InChI=1S/C17H22N2O3S2/c1-20-14-8-7-12(11-15(14)21-2)17-18-16(22-19-17)6-4-3-5-13-9-10-23-24-13/h7-8,11,13H,3-6,9-10H2,1-2H3. The Hall–Kier alpha value is -1.34. The zero-order valence-corrected chi connectivity index (χ0v) is 15.6. The molecular formula is C17H22N2O3S2. The minimum Gasteiger partial charge on any atom is -0.493 e. The Morgan fingerprint density at radius 2 is 2.08 bits per heavy atom. The van der Waals surface area contributed by atoms with Crippen LogP contribution in [0, 0.1) is 0 Å². The highest BCUT2D eigenvalue weighted by atomic mass is 33.1. The van der Waals surface area contributed by atoms with Gasteiger partial charge in [-0.15, -0.1) is 0 Å². The fraction of sp³-hybridized carbons (Fsp3) is 0.529. The molecule has 1 fully saturated rings. The van der Waals surface area contributed by atoms with Gasteiger partial charge < -0.3 is 14.0 Å². The van der Waals surface area contributed by atoms with Crippen LogP contribution >= 0.6 is 21.6 Å². The summed E-state index contributed by atoms with van der Waals surface area (Å²) >= 11 is 0. The summed E-state index contributed by atoms with van der Waals surface area (Å²) in [6.45, 7) is 0. The SMILES string of the molecule is COc1ccc(-c2noc(CCCCC3CCSS3)n2)cc1OC. The van der Waals surface area contributed by atoms with Crippen molar-refractivity contribution in [1.29, 1.82) is 0 Å². The lowest BCUT2D eigenvalue weighted by Crippen LogP contribution is -1.97. The molecule has 1 saturated heterocycles. The van der Waals surface area contributed by atoms with Crippen molar-refractivity contribution in [3.05, 3.63) is 24.1 Å². The Bertz CT molecular complexity index is 657. The van der Waals surface area contributed by atoms with Crippen molar-refractivity contribution in [2.45, 2.75) is 37.4 Å². The molecule has 0 saturated carbocycles. The number of methoxy groups -OCH3 is 2. The van der Waals surface area contributed by atoms with Crippen LogP contribution in [0.2, 0.25) is 0 Å². The van der Waals surface area contributed by atoms with Gasteiger partial charge in [0.15, 0.2) is 11.5 Å². The Labute approximate surface area is 150 Å². The van der Waals surface area contributed by atoms with Crippen molar-refractivity contribution in [1.82, 2.24) is 10.1 Å². The number of benzene rings is 1. The normalized spacial score (nSPS) is 17.2. The van der Waals surface area contributed by atoms with Gasteiger partial charge >= 0.3 is 0 Å². The summed E-state index contributed by atoms with van der Waals surface area (Å²) in [7, 11) is 7.27. The maximum absolute atomic E-state index is 5.38. The molecule has 130 valence electrons. The van der Waals surface area contributed by atoms with Crippen LogP contribution in [0.25, 0.3) is 11.4 Å². The first-order chi connectivity index (χ1) is 11.8. The second-order valence-corrected chi connectivity index (χ2v) is 8.44. The monoisotopic (exact) mass is 366 g/mol. The summed E-state index contributed by atoms with van der Waals surface area (Å²) in [5.41, 5.74) is 0.863. The lowest BCUT2D eigenvalue weighted by molar-refractivity contribution is 0.355. The van der Waals surface area contributed by atoms with Crippen molar-refractivity contribution < 1.29 is 14.0 Å². The zero-order valence-electron chi connectivity index (χ0n) is 14.0. The zero-order chi connectivity index (χ0) is 16.8. The van der Waals surface area contributed by atoms with Gasteiger partial charge in [0.05, 0.1) is 14.2 Å². The molecule has 3 rings (SSSR count). The lowest BCUT2D eigenvalue weighted by Gasteiger charge is -2.07. The first kappa shape index (κ1) is 17.5. The van der Waals surface area contributed by atoms with Gasteiger partial charge in [-0.3, -0.25) is 0 Å². The Balaban J connectivity index is 1.54. The molecule has 5 nitrogen and oxygen atoms in total. The van der Waals surface area contributed by atoms with Gasteiger partial charge in [-0.1, -0.05) is 33.2 Å². The number of unbranched alkanes of at least 4 members (excludes halogenated alkanes) is 1. The molecule has 1 unspecified atom stereocenters. The van der Waals surface area contributed by atoms with E-state index in [9.17, 15) is 0 Å². The van der Waals surface area contributed by atoms with Gasteiger partial charge in [0, 0.05) is 23.0 Å². The average molecular weight is 367 g/mol. The van der Waals surface area contributed by atoms with Crippen LogP contribution in [0.5, 0.6) is 11.5 Å². The van der Waals surface area contributed by atoms with Crippen molar-refractivity contribution >= 4 is 21.6 Å². The number of hydrogen-bond acceptors (Lipinski definition) is 7. The number of aromatic nitrogens is 2. The third kappa shape index (κ3) is 4.39. The molecule has 2 aromatic rings. The highest BCUT2D eigenvalue weighted by Gasteiger charge is 2.16. The largest absolute Gasteiger partial charge is 0.493 e. The van der Waals surface area contributed by atoms with Crippen LogP contribution in [0.1, 0.15) is 31.6 Å². The fourth-order valence-electron chi connectivity index (χ4n) is 2.66. The number of hydrogen-bond donors (Lipinski definition) is 0. The van der Waals surface area contributed by atoms with Crippen LogP contribution in [-0.2, 0) is 6.42 Å². The highest BCUT2D eigenvalue weighted by molar-refractivity contribution is 8.77. The second-order valence-electron chi connectivity index (χ2n) is 5.66. The Morgan fingerprint density at radius 1 is 1.21 bits per heavy atom. The Kier molecular flexibility index (Phi) is 6.31. The molecule has 0 aliphatic carbocycles. The maximum Gasteiger partial charge on any atom is 0.226 e. The molecule has 2 heterocycles. The van der Waals surface area contributed by atoms with E-state index in [0.717, 1.165) is 23.7 Å². The van der Waals surface area contributed by atoms with Crippen molar-refractivity contribution in [3.63, 3.8) is 0 Å². The van der Waals surface area contributed by atoms with E-state index in [4.69, 9.17) is 14.0 Å². The molecule has 1 aliphatic rings. The number of nitrogens with zero attached hydrogens (tertiary/aromatic N) is 2. The van der Waals surface area contributed by atoms with Crippen LogP contribution in [-0.4, -0.2) is 35.4 Å². The van der Waals surface area contributed by atoms with Gasteiger partial charge in [-0.05, 0) is 37.5 Å². The first-order valence-corrected chi connectivity index (χ1v) is 10.5. The average Bonchev–Trinajstić information content (AvgIpc) is 3.30. The summed E-state index contributed by atoms with van der Waals surface area (Å²) < 4.78 is 15.9. The number of rotatable bonds is 8. The second kappa shape index (κ2) is 8.67. The van der Waals surface area contributed by atoms with Gasteiger partial charge in [0.25, 0.3) is 0 Å². The molecule has 1 aromatic carbocycles. The van der Waals surface area contributed by atoms with E-state index < -0.39 is 0 Å². The van der Waals surface area contributed by atoms with Crippen LogP contribution in [0.3, 0.4) is 0 Å². The number of aryl methyl sites for hydroxylation is 1. The fourth-order valence-corrected chi connectivity index (χ4v) is 5.69. The Morgan fingerprint density at radius 3 is 2.83 bits per heavy atom. The van der Waals surface area contributed by atoms with Gasteiger partial charge in [-0.25, -0.2) is 0 Å². The maximum atomic E-state index is 5.38. The smallest absolute Gasteiger partial charge is 0.226 e. The van der Waals surface area contributed by atoms with Crippen molar-refractivity contribution in [2.24, 2.45) is 0 Å². The lowest BCUT2D eigenvalue weighted by atomic mass is 10.1. The van der Waals surface area contributed by atoms with Crippen molar-refractivity contribution in [2.75, 3.05) is 20.0 Å². The molecule has 1 aliphatic heterocycles. The molecule has 24 heavy (non-hydrogen) atoms. The molecule has 0 amide bonds. The van der Waals surface area contributed by atoms with E-state index in [2.05, 4.69) is 10.1 Å². The van der Waals surface area contributed by atoms with Gasteiger partial charge in [-0.2, -0.15) is 4.98 Å². The number of ether oxygens (including phenoxy) is 2. The van der Waals surface area contributed by atoms with E-state index >= 15 is 0 Å². The third-order valence-electron chi connectivity index (χ3n) is 4.00. The minimum absolute atomic E-state index is 0.591. The predicted molar refractivity (Wildman–Crippen MR) is 98.8 cm³/mol. The quantitative estimate of drug-likeness (QED) is 0.499. The molecule has 1 atom stereocenters. The molecule has 7 heteroatoms. The van der Waals surface area contributed by atoms with Gasteiger partial charge in [0.1, 0.15) is 0 Å². The van der Waals surface area contributed by atoms with E-state index in [0.29, 0.717) is 23.2 Å². The van der Waals surface area contributed by atoms with Crippen molar-refractivity contribution in [3.8, 4) is 22.9 Å². The summed E-state index contributed by atoms with van der Waals surface area (Å²) in [5, 5.41) is 4.92. The first-order valence-electron chi connectivity index (χ1n) is 8.13. The molecule has 0 N–H and O–H groups in total. The van der Waals surface area contributed by atoms with Crippen LogP contribution in [0.15, 0.2) is 22.7 Å². The molecule has 0 spiro atoms. The summed E-state index contributed by atoms with van der Waals surface area (Å²) in [6.07, 6.45) is 5.78. The topological polar surface area (TPSA) is 57.4 Å².